The highest BCUT2D eigenvalue weighted by Crippen LogP contribution is 2.58. The van der Waals surface area contributed by atoms with Crippen LogP contribution in [-0.2, 0) is 5.41 Å². The van der Waals surface area contributed by atoms with Gasteiger partial charge in [-0.1, -0.05) is 111 Å². The molecule has 0 bridgehead atoms. The molecule has 0 aliphatic heterocycles. The van der Waals surface area contributed by atoms with Crippen LogP contribution in [0.25, 0.3) is 44.6 Å². The third kappa shape index (κ3) is 5.53. The molecular weight excluding hydrogens is 546 g/mol. The number of aromatic nitrogens is 1. The smallest absolute Gasteiger partial charge is 0.193 e. The van der Waals surface area contributed by atoms with Crippen LogP contribution in [-0.4, -0.2) is 10.8 Å². The molecule has 2 nitrogen and oxygen atoms in total. The van der Waals surface area contributed by atoms with Gasteiger partial charge >= 0.3 is 0 Å². The molecule has 0 saturated heterocycles. The summed E-state index contributed by atoms with van der Waals surface area (Å²) in [5.41, 5.74) is 12.7. The Balaban J connectivity index is 1.31. The molecule has 0 radical (unpaired) electrons. The summed E-state index contributed by atoms with van der Waals surface area (Å²) in [6.45, 7) is 6.88. The molecular formula is C43H37NO. The van der Waals surface area contributed by atoms with Crippen molar-refractivity contribution in [1.29, 1.82) is 0 Å². The average molecular weight is 584 g/mol. The molecule has 2 unspecified atom stereocenters. The Hall–Kier alpha value is -5.08. The Bertz CT molecular complexity index is 1940. The molecule has 45 heavy (non-hydrogen) atoms. The van der Waals surface area contributed by atoms with Gasteiger partial charge in [-0.25, -0.2) is 0 Å². The second-order valence-corrected chi connectivity index (χ2v) is 12.6. The first-order chi connectivity index (χ1) is 21.9. The molecule has 0 spiro atoms. The lowest BCUT2D eigenvalue weighted by atomic mass is 9.84. The van der Waals surface area contributed by atoms with Crippen molar-refractivity contribution in [1.82, 2.24) is 4.98 Å². The number of pyridine rings is 1. The van der Waals surface area contributed by atoms with Gasteiger partial charge in [-0.15, -0.1) is 0 Å². The Morgan fingerprint density at radius 2 is 1.29 bits per heavy atom. The number of carbonyl (C=O) groups is 1. The topological polar surface area (TPSA) is 30.0 Å². The molecule has 1 saturated carbocycles. The van der Waals surface area contributed by atoms with Gasteiger partial charge in [0.1, 0.15) is 0 Å². The maximum absolute atomic E-state index is 14.2. The number of hydrogen-bond donors (Lipinski definition) is 0. The Morgan fingerprint density at radius 3 is 1.89 bits per heavy atom. The van der Waals surface area contributed by atoms with Crippen LogP contribution in [0.15, 0.2) is 140 Å². The summed E-state index contributed by atoms with van der Waals surface area (Å²) in [6, 6.07) is 45.7. The van der Waals surface area contributed by atoms with Gasteiger partial charge < -0.3 is 0 Å². The first-order valence-electron chi connectivity index (χ1n) is 15.9. The summed E-state index contributed by atoms with van der Waals surface area (Å²) in [5.74, 6) is 0.709. The summed E-state index contributed by atoms with van der Waals surface area (Å²) in [5, 5.41) is 0. The van der Waals surface area contributed by atoms with Crippen LogP contribution in [0.4, 0.5) is 0 Å². The molecule has 5 aromatic carbocycles. The van der Waals surface area contributed by atoms with E-state index in [1.54, 1.807) is 0 Å². The molecule has 0 N–H and O–H groups in total. The van der Waals surface area contributed by atoms with Gasteiger partial charge in [-0.2, -0.15) is 0 Å². The molecule has 1 aliphatic rings. The van der Waals surface area contributed by atoms with Crippen molar-refractivity contribution in [2.45, 2.75) is 39.0 Å². The monoisotopic (exact) mass is 583 g/mol. The van der Waals surface area contributed by atoms with Crippen molar-refractivity contribution in [2.24, 2.45) is 5.92 Å². The van der Waals surface area contributed by atoms with Gasteiger partial charge in [-0.05, 0) is 112 Å². The lowest BCUT2D eigenvalue weighted by molar-refractivity contribution is 0.103. The SMILES string of the molecule is CCC1CC1(C)c1cc(C)c(-c2cccc(C(=O)c3cc(-c4ccccc4)cc(-c4ccccc4)c3)c2)cc1-c1ccccn1. The van der Waals surface area contributed by atoms with Crippen LogP contribution in [0, 0.1) is 12.8 Å². The molecule has 2 atom stereocenters. The van der Waals surface area contributed by atoms with E-state index < -0.39 is 0 Å². The van der Waals surface area contributed by atoms with E-state index in [2.05, 4.69) is 87.5 Å². The van der Waals surface area contributed by atoms with Gasteiger partial charge in [0, 0.05) is 22.9 Å². The normalized spacial score (nSPS) is 17.2. The van der Waals surface area contributed by atoms with Crippen LogP contribution in [0.2, 0.25) is 0 Å². The summed E-state index contributed by atoms with van der Waals surface area (Å²) in [7, 11) is 0. The Morgan fingerprint density at radius 1 is 0.667 bits per heavy atom. The van der Waals surface area contributed by atoms with E-state index in [4.69, 9.17) is 4.98 Å². The van der Waals surface area contributed by atoms with Gasteiger partial charge in [0.15, 0.2) is 5.78 Å². The Labute approximate surface area is 266 Å². The average Bonchev–Trinajstić information content (AvgIpc) is 3.80. The minimum Gasteiger partial charge on any atom is -0.289 e. The molecule has 1 heterocycles. The van der Waals surface area contributed by atoms with Gasteiger partial charge in [-0.3, -0.25) is 9.78 Å². The fourth-order valence-electron chi connectivity index (χ4n) is 6.95. The number of nitrogens with zero attached hydrogens (tertiary/aromatic N) is 1. The lowest BCUT2D eigenvalue weighted by Crippen LogP contribution is -2.08. The highest BCUT2D eigenvalue weighted by molar-refractivity contribution is 6.11. The van der Waals surface area contributed by atoms with E-state index in [-0.39, 0.29) is 11.2 Å². The van der Waals surface area contributed by atoms with Crippen LogP contribution >= 0.6 is 0 Å². The molecule has 1 fully saturated rings. The minimum atomic E-state index is 0.0160. The number of rotatable bonds is 8. The molecule has 1 aromatic heterocycles. The predicted octanol–water partition coefficient (Wildman–Crippen LogP) is 11.0. The van der Waals surface area contributed by atoms with E-state index in [0.29, 0.717) is 17.0 Å². The van der Waals surface area contributed by atoms with Crippen molar-refractivity contribution in [3.05, 3.63) is 162 Å². The second-order valence-electron chi connectivity index (χ2n) is 12.6. The van der Waals surface area contributed by atoms with Crippen LogP contribution in [0.5, 0.6) is 0 Å². The molecule has 1 aliphatic carbocycles. The van der Waals surface area contributed by atoms with Crippen molar-refractivity contribution < 1.29 is 4.79 Å². The highest BCUT2D eigenvalue weighted by Gasteiger charge is 2.51. The van der Waals surface area contributed by atoms with Gasteiger partial charge in [0.05, 0.1) is 5.69 Å². The molecule has 7 rings (SSSR count). The van der Waals surface area contributed by atoms with Crippen LogP contribution in [0.1, 0.15) is 53.7 Å². The predicted molar refractivity (Wildman–Crippen MR) is 186 cm³/mol. The van der Waals surface area contributed by atoms with E-state index in [1.807, 2.05) is 72.9 Å². The van der Waals surface area contributed by atoms with Crippen molar-refractivity contribution >= 4 is 5.78 Å². The number of benzene rings is 5. The van der Waals surface area contributed by atoms with Crippen LogP contribution < -0.4 is 0 Å². The molecule has 0 amide bonds. The zero-order valence-corrected chi connectivity index (χ0v) is 26.1. The number of aryl methyl sites for hydroxylation is 1. The fraction of sp³-hybridized carbons (Fsp3) is 0.163. The second kappa shape index (κ2) is 11.8. The van der Waals surface area contributed by atoms with E-state index in [0.717, 1.165) is 39.1 Å². The third-order valence-corrected chi connectivity index (χ3v) is 9.67. The van der Waals surface area contributed by atoms with Crippen molar-refractivity contribution in [3.8, 4) is 44.6 Å². The summed E-state index contributed by atoms with van der Waals surface area (Å²) in [6.07, 6.45) is 4.26. The first-order valence-corrected chi connectivity index (χ1v) is 15.9. The lowest BCUT2D eigenvalue weighted by Gasteiger charge is -2.20. The van der Waals surface area contributed by atoms with Gasteiger partial charge in [0.2, 0.25) is 0 Å². The number of ketones is 1. The molecule has 6 aromatic rings. The first kappa shape index (κ1) is 28.7. The Kier molecular flexibility index (Phi) is 7.51. The van der Waals surface area contributed by atoms with Gasteiger partial charge in [0.25, 0.3) is 0 Å². The number of hydrogen-bond acceptors (Lipinski definition) is 2. The summed E-state index contributed by atoms with van der Waals surface area (Å²) >= 11 is 0. The van der Waals surface area contributed by atoms with E-state index >= 15 is 0 Å². The maximum atomic E-state index is 14.2. The fourth-order valence-corrected chi connectivity index (χ4v) is 6.95. The maximum Gasteiger partial charge on any atom is 0.193 e. The summed E-state index contributed by atoms with van der Waals surface area (Å²) in [4.78, 5) is 19.0. The third-order valence-electron chi connectivity index (χ3n) is 9.67. The quantitative estimate of drug-likeness (QED) is 0.167. The molecule has 220 valence electrons. The van der Waals surface area contributed by atoms with Crippen molar-refractivity contribution in [3.63, 3.8) is 0 Å². The standard InChI is InChI=1S/C43H37NO/c1-4-37-28-43(37,3)40-22-29(2)38(27-39(40)41-20-11-12-21-44-41)32-18-13-19-33(23-32)42(45)36-25-34(30-14-7-5-8-15-30)24-35(26-36)31-16-9-6-10-17-31/h5-27,37H,4,28H2,1-3H3. The number of carbonyl (C=O) groups excluding carboxylic acids is 1. The van der Waals surface area contributed by atoms with E-state index in [1.165, 1.54) is 29.5 Å². The zero-order chi connectivity index (χ0) is 31.0. The highest BCUT2D eigenvalue weighted by atomic mass is 16.1. The zero-order valence-electron chi connectivity index (χ0n) is 26.1. The summed E-state index contributed by atoms with van der Waals surface area (Å²) < 4.78 is 0. The van der Waals surface area contributed by atoms with Crippen molar-refractivity contribution in [2.75, 3.05) is 0 Å². The van der Waals surface area contributed by atoms with Crippen LogP contribution in [0.3, 0.4) is 0 Å². The molecule has 2 heteroatoms. The van der Waals surface area contributed by atoms with E-state index in [9.17, 15) is 4.79 Å². The minimum absolute atomic E-state index is 0.0160. The largest absolute Gasteiger partial charge is 0.289 e.